The third kappa shape index (κ3) is 2.76. The highest BCUT2D eigenvalue weighted by molar-refractivity contribution is 5.78. The van der Waals surface area contributed by atoms with E-state index in [1.165, 1.54) is 0 Å². The minimum Gasteiger partial charge on any atom is -0.481 e. The molecule has 2 aliphatic rings. The van der Waals surface area contributed by atoms with E-state index in [4.69, 9.17) is 4.74 Å². The van der Waals surface area contributed by atoms with E-state index in [-0.39, 0.29) is 18.6 Å². The molecule has 0 radical (unpaired) electrons. The van der Waals surface area contributed by atoms with Gasteiger partial charge in [0.15, 0.2) is 0 Å². The molecule has 0 aromatic heterocycles. The third-order valence-corrected chi connectivity index (χ3v) is 4.50. The third-order valence-electron chi connectivity index (χ3n) is 4.50. The molecule has 0 bridgehead atoms. The van der Waals surface area contributed by atoms with Crippen LogP contribution in [0.1, 0.15) is 47.0 Å². The average Bonchev–Trinajstić information content (AvgIpc) is 3.06. The van der Waals surface area contributed by atoms with Crippen LogP contribution in [-0.4, -0.2) is 40.8 Å². The lowest BCUT2D eigenvalue weighted by atomic mass is 9.73. The molecule has 0 spiro atoms. The molecule has 0 aromatic rings. The molecule has 0 unspecified atom stereocenters. The molecule has 0 aromatic carbocycles. The van der Waals surface area contributed by atoms with Crippen molar-refractivity contribution in [3.05, 3.63) is 0 Å². The maximum atomic E-state index is 12.2. The molecule has 5 heteroatoms. The van der Waals surface area contributed by atoms with Crippen LogP contribution in [0.25, 0.3) is 0 Å². The largest absolute Gasteiger partial charge is 0.481 e. The zero-order valence-corrected chi connectivity index (χ0v) is 12.8. The summed E-state index contributed by atoms with van der Waals surface area (Å²) in [5, 5.41) is 9.66. The number of ether oxygens (including phenoxy) is 1. The second-order valence-electron chi connectivity index (χ2n) is 7.12. The lowest BCUT2D eigenvalue weighted by Crippen LogP contribution is -2.40. The molecular weight excluding hydrogens is 258 g/mol. The van der Waals surface area contributed by atoms with Gasteiger partial charge in [0.05, 0.1) is 5.41 Å². The fraction of sp³-hybridized carbons (Fsp3) is 0.867. The molecule has 1 heterocycles. The summed E-state index contributed by atoms with van der Waals surface area (Å²) in [5.41, 5.74) is -1.34. The number of carboxylic acid groups (broad SMARTS) is 1. The van der Waals surface area contributed by atoms with E-state index in [1.54, 1.807) is 4.90 Å². The predicted molar refractivity (Wildman–Crippen MR) is 74.4 cm³/mol. The van der Waals surface area contributed by atoms with Crippen LogP contribution in [-0.2, 0) is 9.53 Å². The topological polar surface area (TPSA) is 66.8 Å². The molecule has 20 heavy (non-hydrogen) atoms. The van der Waals surface area contributed by atoms with Crippen LogP contribution in [0.4, 0.5) is 4.79 Å². The van der Waals surface area contributed by atoms with Crippen LogP contribution in [0.5, 0.6) is 0 Å². The van der Waals surface area contributed by atoms with E-state index in [2.05, 4.69) is 0 Å². The molecule has 1 aliphatic heterocycles. The van der Waals surface area contributed by atoms with Gasteiger partial charge in [-0.1, -0.05) is 6.92 Å². The number of hydrogen-bond acceptors (Lipinski definition) is 3. The second kappa shape index (κ2) is 4.93. The second-order valence-corrected chi connectivity index (χ2v) is 7.12. The smallest absolute Gasteiger partial charge is 0.410 e. The van der Waals surface area contributed by atoms with Gasteiger partial charge in [0.1, 0.15) is 5.60 Å². The van der Waals surface area contributed by atoms with Gasteiger partial charge in [-0.05, 0) is 51.9 Å². The van der Waals surface area contributed by atoms with Crippen molar-refractivity contribution in [2.24, 2.45) is 17.3 Å². The summed E-state index contributed by atoms with van der Waals surface area (Å²) >= 11 is 0. The van der Waals surface area contributed by atoms with Crippen molar-refractivity contribution >= 4 is 12.1 Å². The van der Waals surface area contributed by atoms with Gasteiger partial charge in [-0.15, -0.1) is 0 Å². The Morgan fingerprint density at radius 1 is 1.35 bits per heavy atom. The summed E-state index contributed by atoms with van der Waals surface area (Å²) in [7, 11) is 0. The van der Waals surface area contributed by atoms with Crippen molar-refractivity contribution in [2.75, 3.05) is 13.1 Å². The van der Waals surface area contributed by atoms with E-state index >= 15 is 0 Å². The Balaban J connectivity index is 2.16. The highest BCUT2D eigenvalue weighted by Gasteiger charge is 2.57. The normalized spacial score (nSPS) is 30.4. The highest BCUT2D eigenvalue weighted by atomic mass is 16.6. The number of carboxylic acids is 1. The van der Waals surface area contributed by atoms with Crippen molar-refractivity contribution in [1.29, 1.82) is 0 Å². The molecule has 5 nitrogen and oxygen atoms in total. The molecule has 1 amide bonds. The molecule has 2 rings (SSSR count). The first-order valence-electron chi connectivity index (χ1n) is 7.41. The molecule has 2 fully saturated rings. The maximum Gasteiger partial charge on any atom is 0.410 e. The van der Waals surface area contributed by atoms with Crippen molar-refractivity contribution in [3.63, 3.8) is 0 Å². The van der Waals surface area contributed by atoms with Crippen LogP contribution in [0.2, 0.25) is 0 Å². The van der Waals surface area contributed by atoms with Gasteiger partial charge in [-0.3, -0.25) is 4.79 Å². The van der Waals surface area contributed by atoms with E-state index < -0.39 is 17.0 Å². The lowest BCUT2D eigenvalue weighted by molar-refractivity contribution is -0.151. The van der Waals surface area contributed by atoms with E-state index in [1.807, 2.05) is 27.7 Å². The summed E-state index contributed by atoms with van der Waals surface area (Å²) in [5.74, 6) is -0.251. The first-order valence-corrected chi connectivity index (χ1v) is 7.41. The Kier molecular flexibility index (Phi) is 3.73. The summed E-state index contributed by atoms with van der Waals surface area (Å²) < 4.78 is 5.38. The van der Waals surface area contributed by atoms with Gasteiger partial charge in [-0.2, -0.15) is 0 Å². The molecule has 1 N–H and O–H groups in total. The van der Waals surface area contributed by atoms with Gasteiger partial charge in [-0.25, -0.2) is 4.79 Å². The minimum atomic E-state index is -0.794. The van der Waals surface area contributed by atoms with Crippen molar-refractivity contribution in [3.8, 4) is 0 Å². The zero-order chi connectivity index (χ0) is 15.1. The predicted octanol–water partition coefficient (Wildman–Crippen LogP) is 2.74. The first-order chi connectivity index (χ1) is 9.19. The summed E-state index contributed by atoms with van der Waals surface area (Å²) in [6, 6.07) is 0. The van der Waals surface area contributed by atoms with E-state index in [9.17, 15) is 14.7 Å². The summed E-state index contributed by atoms with van der Waals surface area (Å²) in [4.78, 5) is 25.5. The Morgan fingerprint density at radius 2 is 1.95 bits per heavy atom. The van der Waals surface area contributed by atoms with Gasteiger partial charge < -0.3 is 14.7 Å². The molecule has 1 aliphatic carbocycles. The van der Waals surface area contributed by atoms with Crippen LogP contribution in [0.3, 0.4) is 0 Å². The fourth-order valence-electron chi connectivity index (χ4n) is 3.25. The molecule has 114 valence electrons. The van der Waals surface area contributed by atoms with Crippen LogP contribution >= 0.6 is 0 Å². The molecule has 1 saturated carbocycles. The maximum absolute atomic E-state index is 12.2. The number of likely N-dealkylation sites (tertiary alicyclic amines) is 1. The van der Waals surface area contributed by atoms with Crippen LogP contribution < -0.4 is 0 Å². The van der Waals surface area contributed by atoms with Gasteiger partial charge in [0, 0.05) is 13.1 Å². The Bertz CT molecular complexity index is 411. The number of nitrogens with zero attached hydrogens (tertiary/aromatic N) is 1. The average molecular weight is 283 g/mol. The number of rotatable bonds is 3. The fourth-order valence-corrected chi connectivity index (χ4v) is 3.25. The SMILES string of the molecule is CC[C@]1(C(=O)O)CN(C(=O)OC(C)(C)C)C[C@@H]1C1CC1. The van der Waals surface area contributed by atoms with Gasteiger partial charge in [0.2, 0.25) is 0 Å². The van der Waals surface area contributed by atoms with Crippen LogP contribution in [0.15, 0.2) is 0 Å². The minimum absolute atomic E-state index is 0.0671. The van der Waals surface area contributed by atoms with Crippen LogP contribution in [0, 0.1) is 17.3 Å². The summed E-state index contributed by atoms with van der Waals surface area (Å²) in [6.07, 6.45) is 2.34. The number of carbonyl (C=O) groups excluding carboxylic acids is 1. The monoisotopic (exact) mass is 283 g/mol. The van der Waals surface area contributed by atoms with Crippen molar-refractivity contribution in [2.45, 2.75) is 52.6 Å². The van der Waals surface area contributed by atoms with Crippen molar-refractivity contribution in [1.82, 2.24) is 4.90 Å². The molecule has 2 atom stereocenters. The zero-order valence-electron chi connectivity index (χ0n) is 12.8. The molecule has 1 saturated heterocycles. The summed E-state index contributed by atoms with van der Waals surface area (Å²) in [6.45, 7) is 8.16. The standard InChI is InChI=1S/C15H25NO4/c1-5-15(12(17)18)9-16(8-11(15)10-6-7-10)13(19)20-14(2,3)4/h10-11H,5-9H2,1-4H3,(H,17,18)/t11-,15+/m1/s1. The Hall–Kier alpha value is -1.26. The number of aliphatic carboxylic acids is 1. The van der Waals surface area contributed by atoms with Gasteiger partial charge >= 0.3 is 12.1 Å². The van der Waals surface area contributed by atoms with Gasteiger partial charge in [0.25, 0.3) is 0 Å². The lowest BCUT2D eigenvalue weighted by Gasteiger charge is -2.29. The first kappa shape index (κ1) is 15.1. The van der Waals surface area contributed by atoms with E-state index in [0.717, 1.165) is 12.8 Å². The number of amides is 1. The number of hydrogen-bond donors (Lipinski definition) is 1. The quantitative estimate of drug-likeness (QED) is 0.864. The number of carbonyl (C=O) groups is 2. The Labute approximate surface area is 120 Å². The highest BCUT2D eigenvalue weighted by Crippen LogP contribution is 2.51. The molecular formula is C15H25NO4. The Morgan fingerprint density at radius 3 is 2.35 bits per heavy atom. The van der Waals surface area contributed by atoms with E-state index in [0.29, 0.717) is 18.9 Å². The van der Waals surface area contributed by atoms with Crippen molar-refractivity contribution < 1.29 is 19.4 Å².